The van der Waals surface area contributed by atoms with Crippen LogP contribution in [0.2, 0.25) is 0 Å². The molecule has 3 heteroatoms. The molecule has 0 aliphatic heterocycles. The number of aliphatic hydroxyl groups excluding tert-OH is 1. The third-order valence-corrected chi connectivity index (χ3v) is 1.87. The molecule has 0 amide bonds. The summed E-state index contributed by atoms with van der Waals surface area (Å²) in [6.07, 6.45) is 7.13. The van der Waals surface area contributed by atoms with Crippen molar-refractivity contribution in [1.29, 1.82) is 0 Å². The van der Waals surface area contributed by atoms with Gasteiger partial charge in [-0.05, 0) is 13.3 Å². The largest absolute Gasteiger partial charge is 0.430 e. The van der Waals surface area contributed by atoms with Crippen molar-refractivity contribution in [2.45, 2.75) is 39.2 Å². The van der Waals surface area contributed by atoms with Gasteiger partial charge in [0.25, 0.3) is 0 Å². The van der Waals surface area contributed by atoms with Crippen LogP contribution in [-0.2, 0) is 4.65 Å². The molecule has 14 heavy (non-hydrogen) atoms. The van der Waals surface area contributed by atoms with Crippen molar-refractivity contribution in [2.75, 3.05) is 6.61 Å². The fourth-order valence-corrected chi connectivity index (χ4v) is 0.890. The van der Waals surface area contributed by atoms with Gasteiger partial charge in [0, 0.05) is 0 Å². The van der Waals surface area contributed by atoms with Gasteiger partial charge in [0.1, 0.15) is 0 Å². The molecule has 0 saturated heterocycles. The molecule has 0 bridgehead atoms. The molecule has 1 atom stereocenters. The van der Waals surface area contributed by atoms with E-state index in [1.54, 1.807) is 13.6 Å². The van der Waals surface area contributed by atoms with E-state index < -0.39 is 0 Å². The molecule has 79 valence electrons. The van der Waals surface area contributed by atoms with Crippen LogP contribution in [-0.4, -0.2) is 25.3 Å². The summed E-state index contributed by atoms with van der Waals surface area (Å²) in [5.41, 5.74) is 0.985. The van der Waals surface area contributed by atoms with Crippen LogP contribution in [0.3, 0.4) is 0 Å². The van der Waals surface area contributed by atoms with Gasteiger partial charge in [0.15, 0.2) is 0 Å². The number of hydrogen-bond donors (Lipinski definition) is 1. The van der Waals surface area contributed by atoms with Crippen molar-refractivity contribution in [3.8, 4) is 0 Å². The second-order valence-corrected chi connectivity index (χ2v) is 3.30. The molecule has 0 aromatic rings. The van der Waals surface area contributed by atoms with E-state index in [2.05, 4.69) is 19.6 Å². The highest BCUT2D eigenvalue weighted by Crippen LogP contribution is 2.02. The lowest BCUT2D eigenvalue weighted by Gasteiger charge is -2.09. The highest BCUT2D eigenvalue weighted by molar-refractivity contribution is 6.39. The van der Waals surface area contributed by atoms with E-state index in [-0.39, 0.29) is 12.7 Å². The summed E-state index contributed by atoms with van der Waals surface area (Å²) < 4.78 is 5.26. The standard InChI is InChI=1S/C11H20BO2/c1-4-6-7-8-11(5-2)12-14-10(3)9-13/h5,8,10,13H,2,4,6-7,9H2,1,3H3. The molecule has 0 fully saturated rings. The Kier molecular flexibility index (Phi) is 8.69. The molecule has 0 aliphatic rings. The van der Waals surface area contributed by atoms with Gasteiger partial charge < -0.3 is 9.76 Å². The first kappa shape index (κ1) is 13.5. The molecule has 0 spiro atoms. The number of hydrogen-bond acceptors (Lipinski definition) is 2. The Morgan fingerprint density at radius 2 is 2.36 bits per heavy atom. The molecule has 1 radical (unpaired) electrons. The topological polar surface area (TPSA) is 29.5 Å². The van der Waals surface area contributed by atoms with Gasteiger partial charge >= 0.3 is 7.48 Å². The van der Waals surface area contributed by atoms with E-state index in [1.807, 2.05) is 6.92 Å². The van der Waals surface area contributed by atoms with Crippen molar-refractivity contribution in [3.05, 3.63) is 24.2 Å². The third-order valence-electron chi connectivity index (χ3n) is 1.87. The van der Waals surface area contributed by atoms with Gasteiger partial charge in [-0.1, -0.05) is 44.0 Å². The highest BCUT2D eigenvalue weighted by atomic mass is 16.5. The first-order valence-corrected chi connectivity index (χ1v) is 5.16. The van der Waals surface area contributed by atoms with Gasteiger partial charge in [-0.15, -0.1) is 0 Å². The fourth-order valence-electron chi connectivity index (χ4n) is 0.890. The van der Waals surface area contributed by atoms with Gasteiger partial charge in [-0.2, -0.15) is 0 Å². The lowest BCUT2D eigenvalue weighted by Crippen LogP contribution is -2.16. The fraction of sp³-hybridized carbons (Fsp3) is 0.636. The van der Waals surface area contributed by atoms with Crippen molar-refractivity contribution < 1.29 is 9.76 Å². The zero-order valence-electron chi connectivity index (χ0n) is 9.20. The molecule has 1 unspecified atom stereocenters. The van der Waals surface area contributed by atoms with E-state index >= 15 is 0 Å². The van der Waals surface area contributed by atoms with Crippen molar-refractivity contribution >= 4 is 7.48 Å². The minimum absolute atomic E-state index is 0.0376. The third kappa shape index (κ3) is 6.93. The van der Waals surface area contributed by atoms with Gasteiger partial charge in [-0.25, -0.2) is 0 Å². The average Bonchev–Trinajstić information content (AvgIpc) is 2.22. The molecule has 0 aromatic heterocycles. The molecule has 2 nitrogen and oxygen atoms in total. The van der Waals surface area contributed by atoms with Crippen LogP contribution in [0.1, 0.15) is 33.1 Å². The van der Waals surface area contributed by atoms with E-state index in [9.17, 15) is 0 Å². The smallest absolute Gasteiger partial charge is 0.330 e. The highest BCUT2D eigenvalue weighted by Gasteiger charge is 2.02. The maximum Gasteiger partial charge on any atom is 0.330 e. The molecule has 0 rings (SSSR count). The van der Waals surface area contributed by atoms with Crippen LogP contribution in [0.25, 0.3) is 0 Å². The quantitative estimate of drug-likeness (QED) is 0.365. The lowest BCUT2D eigenvalue weighted by atomic mass is 9.86. The van der Waals surface area contributed by atoms with Crippen LogP contribution in [0.5, 0.6) is 0 Å². The molecule has 0 aromatic carbocycles. The van der Waals surface area contributed by atoms with Crippen molar-refractivity contribution in [3.63, 3.8) is 0 Å². The van der Waals surface area contributed by atoms with Gasteiger partial charge in [0.2, 0.25) is 0 Å². The molecular formula is C11H20BO2. The van der Waals surface area contributed by atoms with Crippen molar-refractivity contribution in [1.82, 2.24) is 0 Å². The Hall–Kier alpha value is -0.535. The Labute approximate surface area is 87.9 Å². The molecule has 0 saturated carbocycles. The SMILES string of the molecule is C=CC([B]OC(C)CO)=CCCCC. The molecular weight excluding hydrogens is 175 g/mol. The summed E-state index contributed by atoms with van der Waals surface area (Å²) >= 11 is 0. The predicted octanol–water partition coefficient (Wildman–Crippen LogP) is 2.26. The van der Waals surface area contributed by atoms with Crippen LogP contribution >= 0.6 is 0 Å². The summed E-state index contributed by atoms with van der Waals surface area (Å²) in [6.45, 7) is 7.72. The Morgan fingerprint density at radius 1 is 1.64 bits per heavy atom. The van der Waals surface area contributed by atoms with Crippen LogP contribution < -0.4 is 0 Å². The van der Waals surface area contributed by atoms with E-state index in [0.717, 1.165) is 11.9 Å². The normalized spacial score (nSPS) is 13.8. The number of allylic oxidation sites excluding steroid dienone is 3. The zero-order chi connectivity index (χ0) is 10.8. The van der Waals surface area contributed by atoms with Gasteiger partial charge in [-0.3, -0.25) is 0 Å². The summed E-state index contributed by atoms with van der Waals surface area (Å²) in [5, 5.41) is 8.74. The van der Waals surface area contributed by atoms with Crippen LogP contribution in [0, 0.1) is 0 Å². The minimum Gasteiger partial charge on any atom is -0.430 e. The second-order valence-electron chi connectivity index (χ2n) is 3.30. The Bertz CT molecular complexity index is 178. The van der Waals surface area contributed by atoms with E-state index in [0.29, 0.717) is 0 Å². The van der Waals surface area contributed by atoms with E-state index in [1.165, 1.54) is 12.8 Å². The van der Waals surface area contributed by atoms with Crippen LogP contribution in [0.4, 0.5) is 0 Å². The predicted molar refractivity (Wildman–Crippen MR) is 61.2 cm³/mol. The Morgan fingerprint density at radius 3 is 2.86 bits per heavy atom. The maximum atomic E-state index is 8.74. The molecule has 1 N–H and O–H groups in total. The lowest BCUT2D eigenvalue weighted by molar-refractivity contribution is 0.136. The number of rotatable bonds is 8. The zero-order valence-corrected chi connectivity index (χ0v) is 9.20. The monoisotopic (exact) mass is 195 g/mol. The summed E-state index contributed by atoms with van der Waals surface area (Å²) in [6, 6.07) is 0. The maximum absolute atomic E-state index is 8.74. The minimum atomic E-state index is -0.149. The Balaban J connectivity index is 3.77. The summed E-state index contributed by atoms with van der Waals surface area (Å²) in [7, 11) is 1.66. The van der Waals surface area contributed by atoms with Crippen molar-refractivity contribution in [2.24, 2.45) is 0 Å². The number of aliphatic hydroxyl groups is 1. The van der Waals surface area contributed by atoms with Crippen LogP contribution in [0.15, 0.2) is 24.2 Å². The summed E-state index contributed by atoms with van der Waals surface area (Å²) in [4.78, 5) is 0. The second kappa shape index (κ2) is 9.04. The van der Waals surface area contributed by atoms with Gasteiger partial charge in [0.05, 0.1) is 12.7 Å². The van der Waals surface area contributed by atoms with E-state index in [4.69, 9.17) is 9.76 Å². The average molecular weight is 195 g/mol. The first-order chi connectivity index (χ1) is 6.74. The molecule has 0 aliphatic carbocycles. The summed E-state index contributed by atoms with van der Waals surface area (Å²) in [5.74, 6) is 0. The number of unbranched alkanes of at least 4 members (excludes halogenated alkanes) is 2. The molecule has 0 heterocycles. The first-order valence-electron chi connectivity index (χ1n) is 5.16.